The molecule has 4 nitrogen and oxygen atoms in total. The molecular weight excluding hydrogens is 230 g/mol. The van der Waals surface area contributed by atoms with Gasteiger partial charge in [-0.05, 0) is 47.5 Å². The summed E-state index contributed by atoms with van der Waals surface area (Å²) in [5.74, 6) is 0.439. The molecule has 1 aliphatic heterocycles. The van der Waals surface area contributed by atoms with Crippen LogP contribution in [0.1, 0.15) is 47.5 Å². The van der Waals surface area contributed by atoms with E-state index in [4.69, 9.17) is 9.47 Å². The van der Waals surface area contributed by atoms with Gasteiger partial charge in [0.25, 0.3) is 0 Å². The molecule has 1 atom stereocenters. The van der Waals surface area contributed by atoms with E-state index in [1.165, 1.54) is 0 Å². The second kappa shape index (κ2) is 6.41. The van der Waals surface area contributed by atoms with Crippen LogP contribution in [0.3, 0.4) is 0 Å². The van der Waals surface area contributed by atoms with Crippen molar-refractivity contribution in [1.82, 2.24) is 4.90 Å². The van der Waals surface area contributed by atoms with Crippen LogP contribution >= 0.6 is 0 Å². The molecule has 1 fully saturated rings. The van der Waals surface area contributed by atoms with Gasteiger partial charge in [-0.2, -0.15) is 0 Å². The van der Waals surface area contributed by atoms with Crippen molar-refractivity contribution >= 4 is 6.09 Å². The highest BCUT2D eigenvalue weighted by atomic mass is 16.6. The maximum atomic E-state index is 12.0. The highest BCUT2D eigenvalue weighted by Crippen LogP contribution is 2.19. The van der Waals surface area contributed by atoms with Crippen LogP contribution in [-0.2, 0) is 9.47 Å². The summed E-state index contributed by atoms with van der Waals surface area (Å²) in [5, 5.41) is 0. The minimum absolute atomic E-state index is 0.197. The first-order valence-electron chi connectivity index (χ1n) is 6.87. The predicted octanol–water partition coefficient (Wildman–Crippen LogP) is 3.06. The molecule has 0 aromatic heterocycles. The van der Waals surface area contributed by atoms with Gasteiger partial charge in [-0.1, -0.05) is 0 Å². The highest BCUT2D eigenvalue weighted by Gasteiger charge is 2.27. The lowest BCUT2D eigenvalue weighted by Crippen LogP contribution is -2.44. The number of carbonyl (C=O) groups excluding carboxylic acids is 1. The number of hydrogen-bond acceptors (Lipinski definition) is 3. The van der Waals surface area contributed by atoms with E-state index in [1.54, 1.807) is 0 Å². The molecule has 0 radical (unpaired) electrons. The van der Waals surface area contributed by atoms with Crippen LogP contribution in [0.5, 0.6) is 0 Å². The monoisotopic (exact) mass is 257 g/mol. The minimum atomic E-state index is -0.418. The topological polar surface area (TPSA) is 38.8 Å². The van der Waals surface area contributed by atoms with Crippen LogP contribution in [0.15, 0.2) is 0 Å². The van der Waals surface area contributed by atoms with Gasteiger partial charge >= 0.3 is 6.09 Å². The van der Waals surface area contributed by atoms with E-state index in [-0.39, 0.29) is 12.2 Å². The summed E-state index contributed by atoms with van der Waals surface area (Å²) in [7, 11) is 0. The summed E-state index contributed by atoms with van der Waals surface area (Å²) < 4.78 is 11.0. The standard InChI is InChI=1S/C14H27NO3/c1-11(2)17-10-12-7-6-8-15(9-12)13(16)18-14(3,4)5/h11-12H,6-10H2,1-5H3/t12-/m1/s1. The molecule has 0 N–H and O–H groups in total. The first-order valence-corrected chi connectivity index (χ1v) is 6.87. The maximum Gasteiger partial charge on any atom is 0.410 e. The lowest BCUT2D eigenvalue weighted by molar-refractivity contribution is -0.000142. The minimum Gasteiger partial charge on any atom is -0.444 e. The summed E-state index contributed by atoms with van der Waals surface area (Å²) in [6.07, 6.45) is 2.22. The molecule has 0 saturated carbocycles. The van der Waals surface area contributed by atoms with Crippen LogP contribution in [-0.4, -0.2) is 42.4 Å². The van der Waals surface area contributed by atoms with Gasteiger partial charge in [-0.3, -0.25) is 0 Å². The Bertz CT molecular complexity index is 271. The van der Waals surface area contributed by atoms with Gasteiger partial charge in [0.1, 0.15) is 5.60 Å². The van der Waals surface area contributed by atoms with Gasteiger partial charge < -0.3 is 14.4 Å². The predicted molar refractivity (Wildman–Crippen MR) is 71.6 cm³/mol. The second-order valence-electron chi connectivity index (χ2n) is 6.32. The molecule has 1 amide bonds. The smallest absolute Gasteiger partial charge is 0.410 e. The molecule has 106 valence electrons. The molecule has 0 aliphatic carbocycles. The van der Waals surface area contributed by atoms with Crippen LogP contribution < -0.4 is 0 Å². The molecule has 0 bridgehead atoms. The third-order valence-electron chi connectivity index (χ3n) is 2.84. The van der Waals surface area contributed by atoms with Gasteiger partial charge in [0.05, 0.1) is 12.7 Å². The lowest BCUT2D eigenvalue weighted by Gasteiger charge is -2.34. The Labute approximate surface area is 111 Å². The summed E-state index contributed by atoms with van der Waals surface area (Å²) in [6, 6.07) is 0. The largest absolute Gasteiger partial charge is 0.444 e. The SMILES string of the molecule is CC(C)OC[C@@H]1CCCN(C(=O)OC(C)(C)C)C1. The molecule has 1 rings (SSSR count). The van der Waals surface area contributed by atoms with Crippen LogP contribution in [0.2, 0.25) is 0 Å². The van der Waals surface area contributed by atoms with Gasteiger partial charge in [0.2, 0.25) is 0 Å². The summed E-state index contributed by atoms with van der Waals surface area (Å²) in [4.78, 5) is 13.8. The Hall–Kier alpha value is -0.770. The first kappa shape index (κ1) is 15.3. The van der Waals surface area contributed by atoms with Crippen molar-refractivity contribution in [3.05, 3.63) is 0 Å². The van der Waals surface area contributed by atoms with Crippen LogP contribution in [0.4, 0.5) is 4.79 Å². The average molecular weight is 257 g/mol. The molecule has 1 saturated heterocycles. The van der Waals surface area contributed by atoms with E-state index in [1.807, 2.05) is 39.5 Å². The maximum absolute atomic E-state index is 12.0. The van der Waals surface area contributed by atoms with E-state index in [9.17, 15) is 4.79 Å². The number of carbonyl (C=O) groups is 1. The third-order valence-corrected chi connectivity index (χ3v) is 2.84. The molecule has 0 unspecified atom stereocenters. The normalized spacial score (nSPS) is 21.2. The lowest BCUT2D eigenvalue weighted by atomic mass is 9.99. The Balaban J connectivity index is 2.40. The van der Waals surface area contributed by atoms with Crippen LogP contribution in [0, 0.1) is 5.92 Å². The fourth-order valence-corrected chi connectivity index (χ4v) is 2.02. The van der Waals surface area contributed by atoms with E-state index in [2.05, 4.69) is 0 Å². The molecule has 0 aromatic rings. The average Bonchev–Trinajstić information content (AvgIpc) is 2.24. The van der Waals surface area contributed by atoms with E-state index >= 15 is 0 Å². The Morgan fingerprint density at radius 1 is 1.39 bits per heavy atom. The molecule has 4 heteroatoms. The van der Waals surface area contributed by atoms with Crippen molar-refractivity contribution in [1.29, 1.82) is 0 Å². The Kier molecular flexibility index (Phi) is 5.45. The molecule has 18 heavy (non-hydrogen) atoms. The van der Waals surface area contributed by atoms with Crippen molar-refractivity contribution in [2.45, 2.75) is 59.2 Å². The number of ether oxygens (including phenoxy) is 2. The summed E-state index contributed by atoms with van der Waals surface area (Å²) in [5.41, 5.74) is -0.418. The van der Waals surface area contributed by atoms with Gasteiger partial charge in [0, 0.05) is 19.0 Å². The van der Waals surface area contributed by atoms with Crippen molar-refractivity contribution in [3.8, 4) is 0 Å². The Morgan fingerprint density at radius 2 is 2.06 bits per heavy atom. The van der Waals surface area contributed by atoms with E-state index in [0.29, 0.717) is 5.92 Å². The van der Waals surface area contributed by atoms with Crippen molar-refractivity contribution in [2.24, 2.45) is 5.92 Å². The number of piperidine rings is 1. The second-order valence-corrected chi connectivity index (χ2v) is 6.32. The quantitative estimate of drug-likeness (QED) is 0.780. The zero-order valence-electron chi connectivity index (χ0n) is 12.4. The zero-order valence-corrected chi connectivity index (χ0v) is 12.4. The fraction of sp³-hybridized carbons (Fsp3) is 0.929. The molecule has 0 aromatic carbocycles. The van der Waals surface area contributed by atoms with E-state index in [0.717, 1.165) is 32.5 Å². The number of likely N-dealkylation sites (tertiary alicyclic amines) is 1. The molecule has 1 aliphatic rings. The van der Waals surface area contributed by atoms with Gasteiger partial charge in [-0.15, -0.1) is 0 Å². The number of rotatable bonds is 3. The van der Waals surface area contributed by atoms with Crippen LogP contribution in [0.25, 0.3) is 0 Å². The van der Waals surface area contributed by atoms with E-state index < -0.39 is 5.60 Å². The number of amides is 1. The first-order chi connectivity index (χ1) is 8.28. The van der Waals surface area contributed by atoms with Gasteiger partial charge in [-0.25, -0.2) is 4.79 Å². The van der Waals surface area contributed by atoms with Crippen molar-refractivity contribution in [2.75, 3.05) is 19.7 Å². The molecular formula is C14H27NO3. The molecule has 0 spiro atoms. The zero-order chi connectivity index (χ0) is 13.8. The third kappa shape index (κ3) is 5.71. The van der Waals surface area contributed by atoms with Gasteiger partial charge in [0.15, 0.2) is 0 Å². The summed E-state index contributed by atoms with van der Waals surface area (Å²) >= 11 is 0. The Morgan fingerprint density at radius 3 is 2.61 bits per heavy atom. The number of hydrogen-bond donors (Lipinski definition) is 0. The number of nitrogens with zero attached hydrogens (tertiary/aromatic N) is 1. The highest BCUT2D eigenvalue weighted by molar-refractivity contribution is 5.68. The van der Waals surface area contributed by atoms with Crippen molar-refractivity contribution in [3.63, 3.8) is 0 Å². The summed E-state index contributed by atoms with van der Waals surface area (Å²) in [6.45, 7) is 12.0. The molecule has 1 heterocycles. The fourth-order valence-electron chi connectivity index (χ4n) is 2.02. The van der Waals surface area contributed by atoms with Crippen molar-refractivity contribution < 1.29 is 14.3 Å².